The van der Waals surface area contributed by atoms with Gasteiger partial charge in [-0.3, -0.25) is 4.79 Å². The van der Waals surface area contributed by atoms with Gasteiger partial charge in [0.05, 0.1) is 11.6 Å². The average Bonchev–Trinajstić information content (AvgIpc) is 3.03. The second kappa shape index (κ2) is 7.85. The van der Waals surface area contributed by atoms with E-state index in [4.69, 9.17) is 0 Å². The molecule has 1 aromatic heterocycles. The van der Waals surface area contributed by atoms with Crippen molar-refractivity contribution >= 4 is 0 Å². The Labute approximate surface area is 194 Å². The van der Waals surface area contributed by atoms with Crippen LogP contribution in [0.4, 0.5) is 13.2 Å². The molecule has 0 saturated heterocycles. The number of aliphatic hydroxyl groups is 1. The molecule has 1 heterocycles. The maximum absolute atomic E-state index is 14.9. The standard InChI is InChI=1S/C27H23F3N2O2/c1-13-9-15(12-31)24-19(5-7-22(28)20(24)10-13)17-3-4-18(16-6-8-23(33)32-14(16)2)25-21(17)11-27(29,30)26(25)34/h3-4,6,8-10,19,22,26,34H,5,7,11H2,1-2H3,(H,32,33)/t19-,22+,26+/m1/s1. The molecule has 7 heteroatoms. The highest BCUT2D eigenvalue weighted by atomic mass is 19.3. The zero-order valence-electron chi connectivity index (χ0n) is 18.8. The Hall–Kier alpha value is -3.37. The van der Waals surface area contributed by atoms with E-state index in [1.165, 1.54) is 6.07 Å². The van der Waals surface area contributed by atoms with Crippen LogP contribution in [-0.2, 0) is 6.42 Å². The molecule has 2 aliphatic rings. The molecule has 3 aromatic rings. The van der Waals surface area contributed by atoms with Crippen LogP contribution in [0.3, 0.4) is 0 Å². The lowest BCUT2D eigenvalue weighted by Crippen LogP contribution is -2.22. The number of alkyl halides is 3. The van der Waals surface area contributed by atoms with Gasteiger partial charge in [-0.05, 0) is 77.8 Å². The normalized spacial score (nSPS) is 22.7. The van der Waals surface area contributed by atoms with Crippen LogP contribution in [0.25, 0.3) is 11.1 Å². The Kier molecular flexibility index (Phi) is 5.18. The highest BCUT2D eigenvalue weighted by Gasteiger charge is 2.50. The summed E-state index contributed by atoms with van der Waals surface area (Å²) in [5, 5.41) is 20.4. The molecule has 5 rings (SSSR count). The van der Waals surface area contributed by atoms with E-state index in [9.17, 15) is 28.3 Å². The molecule has 0 bridgehead atoms. The number of nitriles is 1. The lowest BCUT2D eigenvalue weighted by molar-refractivity contribution is -0.0966. The van der Waals surface area contributed by atoms with Gasteiger partial charge in [0.2, 0.25) is 5.56 Å². The van der Waals surface area contributed by atoms with E-state index in [-0.39, 0.29) is 17.5 Å². The van der Waals surface area contributed by atoms with Crippen molar-refractivity contribution in [1.29, 1.82) is 5.26 Å². The molecule has 2 N–H and O–H groups in total. The van der Waals surface area contributed by atoms with Gasteiger partial charge in [0, 0.05) is 29.7 Å². The lowest BCUT2D eigenvalue weighted by Gasteiger charge is -2.31. The third-order valence-electron chi connectivity index (χ3n) is 7.13. The zero-order valence-corrected chi connectivity index (χ0v) is 18.8. The molecule has 174 valence electrons. The second-order valence-electron chi connectivity index (χ2n) is 9.32. The van der Waals surface area contributed by atoms with Crippen LogP contribution in [0.2, 0.25) is 0 Å². The molecular formula is C27H23F3N2O2. The summed E-state index contributed by atoms with van der Waals surface area (Å²) in [6.07, 6.45) is -3.28. The maximum Gasteiger partial charge on any atom is 0.281 e. The lowest BCUT2D eigenvalue weighted by atomic mass is 9.73. The zero-order chi connectivity index (χ0) is 24.4. The van der Waals surface area contributed by atoms with Gasteiger partial charge >= 0.3 is 0 Å². The maximum atomic E-state index is 14.9. The van der Waals surface area contributed by atoms with Crippen LogP contribution in [-0.4, -0.2) is 16.0 Å². The SMILES string of the molecule is Cc1cc(C#N)c2c(c1)[C@@H](F)CC[C@@H]2c1ccc(-c2ccc(=O)[nH]c2C)c2c1CC(F)(F)[C@H]2O. The molecule has 0 fully saturated rings. The third-order valence-corrected chi connectivity index (χ3v) is 7.13. The van der Waals surface area contributed by atoms with E-state index in [1.54, 1.807) is 44.2 Å². The summed E-state index contributed by atoms with van der Waals surface area (Å²) in [4.78, 5) is 14.4. The molecule has 0 amide bonds. The van der Waals surface area contributed by atoms with Gasteiger partial charge in [0.15, 0.2) is 0 Å². The van der Waals surface area contributed by atoms with Gasteiger partial charge in [-0.1, -0.05) is 18.2 Å². The molecule has 2 aromatic carbocycles. The number of rotatable bonds is 2. The van der Waals surface area contributed by atoms with E-state index < -0.39 is 30.5 Å². The number of aliphatic hydroxyl groups excluding tert-OH is 1. The molecule has 0 radical (unpaired) electrons. The van der Waals surface area contributed by atoms with Crippen molar-refractivity contribution < 1.29 is 18.3 Å². The minimum Gasteiger partial charge on any atom is -0.382 e. The third kappa shape index (κ3) is 3.36. The summed E-state index contributed by atoms with van der Waals surface area (Å²) >= 11 is 0. The van der Waals surface area contributed by atoms with Gasteiger partial charge in [-0.15, -0.1) is 0 Å². The quantitative estimate of drug-likeness (QED) is 0.511. The van der Waals surface area contributed by atoms with Crippen molar-refractivity contribution in [3.63, 3.8) is 0 Å². The number of H-pyrrole nitrogens is 1. The van der Waals surface area contributed by atoms with Crippen LogP contribution in [0, 0.1) is 25.2 Å². The number of halogens is 3. The van der Waals surface area contributed by atoms with Gasteiger partial charge in [-0.2, -0.15) is 5.26 Å². The monoisotopic (exact) mass is 464 g/mol. The van der Waals surface area contributed by atoms with E-state index in [1.807, 2.05) is 0 Å². The number of fused-ring (bicyclic) bond motifs is 2. The summed E-state index contributed by atoms with van der Waals surface area (Å²) in [6, 6.07) is 11.9. The molecule has 2 aliphatic carbocycles. The first kappa shape index (κ1) is 22.4. The van der Waals surface area contributed by atoms with E-state index >= 15 is 0 Å². The Balaban J connectivity index is 1.76. The predicted octanol–water partition coefficient (Wildman–Crippen LogP) is 5.69. The molecule has 0 saturated carbocycles. The Morgan fingerprint density at radius 1 is 1.06 bits per heavy atom. The van der Waals surface area contributed by atoms with Gasteiger partial charge < -0.3 is 10.1 Å². The van der Waals surface area contributed by atoms with Crippen molar-refractivity contribution in [2.75, 3.05) is 0 Å². The molecule has 0 spiro atoms. The van der Waals surface area contributed by atoms with Crippen LogP contribution in [0.15, 0.2) is 41.2 Å². The molecule has 0 aliphatic heterocycles. The van der Waals surface area contributed by atoms with Crippen molar-refractivity contribution in [3.8, 4) is 17.2 Å². The van der Waals surface area contributed by atoms with Crippen molar-refractivity contribution in [2.24, 2.45) is 0 Å². The van der Waals surface area contributed by atoms with Crippen LogP contribution < -0.4 is 5.56 Å². The number of nitrogens with zero attached hydrogens (tertiary/aromatic N) is 1. The molecule has 0 unspecified atom stereocenters. The highest BCUT2D eigenvalue weighted by molar-refractivity contribution is 5.74. The van der Waals surface area contributed by atoms with Crippen molar-refractivity contribution in [3.05, 3.63) is 91.4 Å². The number of benzene rings is 2. The fourth-order valence-corrected chi connectivity index (χ4v) is 5.66. The predicted molar refractivity (Wildman–Crippen MR) is 122 cm³/mol. The number of aromatic nitrogens is 1. The average molecular weight is 464 g/mol. The van der Waals surface area contributed by atoms with Gasteiger partial charge in [0.1, 0.15) is 12.3 Å². The largest absolute Gasteiger partial charge is 0.382 e. The Bertz CT molecular complexity index is 1420. The van der Waals surface area contributed by atoms with E-state index in [0.717, 1.165) is 5.56 Å². The smallest absolute Gasteiger partial charge is 0.281 e. The fourth-order valence-electron chi connectivity index (χ4n) is 5.66. The molecular weight excluding hydrogens is 441 g/mol. The van der Waals surface area contributed by atoms with Crippen LogP contribution >= 0.6 is 0 Å². The van der Waals surface area contributed by atoms with E-state index in [2.05, 4.69) is 11.1 Å². The minimum atomic E-state index is -3.37. The number of pyridine rings is 1. The van der Waals surface area contributed by atoms with Crippen molar-refractivity contribution in [2.45, 2.75) is 57.2 Å². The number of nitrogens with one attached hydrogen (secondary N) is 1. The Morgan fingerprint density at radius 3 is 2.50 bits per heavy atom. The summed E-state index contributed by atoms with van der Waals surface area (Å²) < 4.78 is 44.6. The van der Waals surface area contributed by atoms with Crippen molar-refractivity contribution in [1.82, 2.24) is 4.98 Å². The van der Waals surface area contributed by atoms with E-state index in [0.29, 0.717) is 51.1 Å². The summed E-state index contributed by atoms with van der Waals surface area (Å²) in [7, 11) is 0. The number of hydrogen-bond acceptors (Lipinski definition) is 3. The first-order valence-corrected chi connectivity index (χ1v) is 11.2. The summed E-state index contributed by atoms with van der Waals surface area (Å²) in [6.45, 7) is 3.48. The number of aromatic amines is 1. The first-order chi connectivity index (χ1) is 16.1. The minimum absolute atomic E-state index is 0.132. The summed E-state index contributed by atoms with van der Waals surface area (Å²) in [5.74, 6) is -3.80. The molecule has 3 atom stereocenters. The molecule has 4 nitrogen and oxygen atoms in total. The van der Waals surface area contributed by atoms with Gasteiger partial charge in [-0.25, -0.2) is 13.2 Å². The van der Waals surface area contributed by atoms with Gasteiger partial charge in [0.25, 0.3) is 5.92 Å². The highest BCUT2D eigenvalue weighted by Crippen LogP contribution is 2.53. The first-order valence-electron chi connectivity index (χ1n) is 11.2. The second-order valence-corrected chi connectivity index (χ2v) is 9.32. The summed E-state index contributed by atoms with van der Waals surface area (Å²) in [5.41, 5.74) is 4.35. The fraction of sp³-hybridized carbons (Fsp3) is 0.333. The number of aryl methyl sites for hydroxylation is 2. The van der Waals surface area contributed by atoms with Crippen LogP contribution in [0.5, 0.6) is 0 Å². The topological polar surface area (TPSA) is 76.9 Å². The molecule has 34 heavy (non-hydrogen) atoms. The Morgan fingerprint density at radius 2 is 1.79 bits per heavy atom. The van der Waals surface area contributed by atoms with Crippen LogP contribution in [0.1, 0.15) is 75.7 Å². The number of hydrogen-bond donors (Lipinski definition) is 2.